The smallest absolute Gasteiger partial charge is 0.382 e. The van der Waals surface area contributed by atoms with E-state index in [1.807, 2.05) is 0 Å². The van der Waals surface area contributed by atoms with Crippen LogP contribution in [-0.2, 0) is 4.74 Å². The molecule has 5 nitrogen and oxygen atoms in total. The summed E-state index contributed by atoms with van der Waals surface area (Å²) < 4.78 is 52.5. The molecule has 0 amide bonds. The number of nitrogens with zero attached hydrogens (tertiary/aromatic N) is 1. The number of nitrogens with one attached hydrogen (secondary N) is 1. The van der Waals surface area contributed by atoms with Gasteiger partial charge in [-0.3, -0.25) is 10.1 Å². The van der Waals surface area contributed by atoms with E-state index in [0.29, 0.717) is 0 Å². The number of ether oxygens (including phenoxy) is 1. The van der Waals surface area contributed by atoms with Crippen LogP contribution in [0.3, 0.4) is 0 Å². The monoisotopic (exact) mass is 282 g/mol. The summed E-state index contributed by atoms with van der Waals surface area (Å²) in [5, 5.41) is 13.0. The van der Waals surface area contributed by atoms with Gasteiger partial charge < -0.3 is 10.1 Å². The van der Waals surface area contributed by atoms with E-state index in [9.17, 15) is 27.7 Å². The molecule has 19 heavy (non-hydrogen) atoms. The fourth-order valence-electron chi connectivity index (χ4n) is 1.24. The Morgan fingerprint density at radius 2 is 2.00 bits per heavy atom. The van der Waals surface area contributed by atoms with E-state index in [1.54, 1.807) is 0 Å². The quantitative estimate of drug-likeness (QED) is 0.377. The van der Waals surface area contributed by atoms with Crippen LogP contribution >= 0.6 is 0 Å². The van der Waals surface area contributed by atoms with Crippen molar-refractivity contribution >= 4 is 11.4 Å². The van der Waals surface area contributed by atoms with Crippen LogP contribution in [0.5, 0.6) is 0 Å². The van der Waals surface area contributed by atoms with Crippen LogP contribution < -0.4 is 5.32 Å². The molecule has 0 radical (unpaired) electrons. The van der Waals surface area contributed by atoms with Crippen molar-refractivity contribution in [3.63, 3.8) is 0 Å². The second-order valence-electron chi connectivity index (χ2n) is 3.55. The number of hydrogen-bond donors (Lipinski definition) is 1. The Labute approximate surface area is 105 Å². The van der Waals surface area contributed by atoms with Crippen LogP contribution in [-0.4, -0.2) is 30.9 Å². The van der Waals surface area contributed by atoms with Gasteiger partial charge in [-0.1, -0.05) is 0 Å². The number of alkyl halides is 3. The molecular formula is C10H10F4N2O3. The summed E-state index contributed by atoms with van der Waals surface area (Å²) in [4.78, 5) is 9.68. The number of rotatable bonds is 6. The van der Waals surface area contributed by atoms with E-state index in [0.717, 1.165) is 18.2 Å². The van der Waals surface area contributed by atoms with E-state index in [4.69, 9.17) is 0 Å². The Bertz CT molecular complexity index is 451. The van der Waals surface area contributed by atoms with Crippen LogP contribution in [0.1, 0.15) is 0 Å². The Morgan fingerprint density at radius 3 is 2.58 bits per heavy atom. The van der Waals surface area contributed by atoms with Crippen molar-refractivity contribution in [1.82, 2.24) is 0 Å². The Morgan fingerprint density at radius 1 is 1.32 bits per heavy atom. The summed E-state index contributed by atoms with van der Waals surface area (Å²) in [5.41, 5.74) is -0.346. The Balaban J connectivity index is 2.43. The van der Waals surface area contributed by atoms with Crippen molar-refractivity contribution in [2.24, 2.45) is 0 Å². The molecule has 0 aromatic heterocycles. The number of benzene rings is 1. The van der Waals surface area contributed by atoms with Crippen molar-refractivity contribution in [3.05, 3.63) is 34.1 Å². The molecule has 1 aromatic rings. The second kappa shape index (κ2) is 6.32. The minimum atomic E-state index is -4.41. The summed E-state index contributed by atoms with van der Waals surface area (Å²) in [7, 11) is 0. The molecule has 0 heterocycles. The SMILES string of the molecule is O=[N+]([O-])c1cc(F)cc(NCCOCC(F)(F)F)c1. The Hall–Kier alpha value is -1.90. The van der Waals surface area contributed by atoms with Gasteiger partial charge in [-0.25, -0.2) is 4.39 Å². The lowest BCUT2D eigenvalue weighted by Crippen LogP contribution is -2.20. The summed E-state index contributed by atoms with van der Waals surface area (Å²) in [6.45, 7) is -1.67. The van der Waals surface area contributed by atoms with Gasteiger partial charge in [0.15, 0.2) is 0 Å². The van der Waals surface area contributed by atoms with Gasteiger partial charge in [-0.05, 0) is 6.07 Å². The standard InChI is InChI=1S/C10H10F4N2O3/c11-7-3-8(5-9(4-7)16(17)18)15-1-2-19-6-10(12,13)14/h3-5,15H,1-2,6H2. The van der Waals surface area contributed by atoms with Gasteiger partial charge in [0.25, 0.3) is 5.69 Å². The number of halogens is 4. The molecule has 9 heteroatoms. The highest BCUT2D eigenvalue weighted by Crippen LogP contribution is 2.19. The molecule has 106 valence electrons. The van der Waals surface area contributed by atoms with Crippen LogP contribution in [0, 0.1) is 15.9 Å². The molecule has 1 rings (SSSR count). The van der Waals surface area contributed by atoms with Crippen molar-refractivity contribution in [3.8, 4) is 0 Å². The molecule has 0 spiro atoms. The number of nitro benzene ring substituents is 1. The molecule has 0 fully saturated rings. The summed E-state index contributed by atoms with van der Waals surface area (Å²) in [6, 6.07) is 2.81. The third kappa shape index (κ3) is 6.00. The number of hydrogen-bond acceptors (Lipinski definition) is 4. The molecule has 0 unspecified atom stereocenters. The van der Waals surface area contributed by atoms with Gasteiger partial charge in [0.05, 0.1) is 17.6 Å². The zero-order chi connectivity index (χ0) is 14.5. The average Bonchev–Trinajstić information content (AvgIpc) is 2.26. The first kappa shape index (κ1) is 15.2. The maximum atomic E-state index is 13.0. The molecule has 1 N–H and O–H groups in total. The van der Waals surface area contributed by atoms with E-state index in [2.05, 4.69) is 10.1 Å². The molecular weight excluding hydrogens is 272 g/mol. The van der Waals surface area contributed by atoms with Crippen molar-refractivity contribution in [2.45, 2.75) is 6.18 Å². The van der Waals surface area contributed by atoms with Crippen molar-refractivity contribution in [1.29, 1.82) is 0 Å². The topological polar surface area (TPSA) is 64.4 Å². The minimum absolute atomic E-state index is 0.0311. The predicted molar refractivity (Wildman–Crippen MR) is 58.4 cm³/mol. The highest BCUT2D eigenvalue weighted by atomic mass is 19.4. The van der Waals surface area contributed by atoms with Crippen LogP contribution in [0.2, 0.25) is 0 Å². The third-order valence-corrected chi connectivity index (χ3v) is 1.93. The average molecular weight is 282 g/mol. The van der Waals surface area contributed by atoms with Gasteiger partial charge in [-0.15, -0.1) is 0 Å². The fraction of sp³-hybridized carbons (Fsp3) is 0.400. The maximum Gasteiger partial charge on any atom is 0.411 e. The molecule has 0 aliphatic heterocycles. The van der Waals surface area contributed by atoms with Crippen molar-refractivity contribution in [2.75, 3.05) is 25.1 Å². The molecule has 0 saturated heterocycles. The first-order valence-corrected chi connectivity index (χ1v) is 5.11. The Kier molecular flexibility index (Phi) is 5.04. The highest BCUT2D eigenvalue weighted by Gasteiger charge is 2.27. The second-order valence-corrected chi connectivity index (χ2v) is 3.55. The van der Waals surface area contributed by atoms with E-state index < -0.39 is 29.2 Å². The van der Waals surface area contributed by atoms with Gasteiger partial charge in [-0.2, -0.15) is 13.2 Å². The zero-order valence-corrected chi connectivity index (χ0v) is 9.54. The maximum absolute atomic E-state index is 13.0. The zero-order valence-electron chi connectivity index (χ0n) is 9.54. The lowest BCUT2D eigenvalue weighted by atomic mass is 10.2. The number of non-ortho nitro benzene ring substituents is 1. The van der Waals surface area contributed by atoms with Crippen LogP contribution in [0.4, 0.5) is 28.9 Å². The molecule has 0 saturated carbocycles. The summed E-state index contributed by atoms with van der Waals surface area (Å²) >= 11 is 0. The third-order valence-electron chi connectivity index (χ3n) is 1.93. The highest BCUT2D eigenvalue weighted by molar-refractivity contribution is 5.51. The number of anilines is 1. The molecule has 0 bridgehead atoms. The van der Waals surface area contributed by atoms with E-state index in [-0.39, 0.29) is 18.8 Å². The fourth-order valence-corrected chi connectivity index (χ4v) is 1.24. The van der Waals surface area contributed by atoms with Crippen LogP contribution in [0.15, 0.2) is 18.2 Å². The predicted octanol–water partition coefficient (Wildman–Crippen LogP) is 2.72. The van der Waals surface area contributed by atoms with Crippen molar-refractivity contribution < 1.29 is 27.2 Å². The molecule has 0 atom stereocenters. The molecule has 0 aliphatic rings. The molecule has 1 aromatic carbocycles. The van der Waals surface area contributed by atoms with E-state index in [1.165, 1.54) is 0 Å². The lowest BCUT2D eigenvalue weighted by molar-refractivity contribution is -0.385. The van der Waals surface area contributed by atoms with E-state index >= 15 is 0 Å². The largest absolute Gasteiger partial charge is 0.411 e. The summed E-state index contributed by atoms with van der Waals surface area (Å²) in [6.07, 6.45) is -4.41. The number of nitro groups is 1. The summed E-state index contributed by atoms with van der Waals surface area (Å²) in [5.74, 6) is -0.812. The lowest BCUT2D eigenvalue weighted by Gasteiger charge is -2.09. The van der Waals surface area contributed by atoms with Gasteiger partial charge >= 0.3 is 6.18 Å². The van der Waals surface area contributed by atoms with Gasteiger partial charge in [0.2, 0.25) is 0 Å². The minimum Gasteiger partial charge on any atom is -0.382 e. The van der Waals surface area contributed by atoms with Gasteiger partial charge in [0.1, 0.15) is 12.4 Å². The normalized spacial score (nSPS) is 11.4. The van der Waals surface area contributed by atoms with Crippen LogP contribution in [0.25, 0.3) is 0 Å². The molecule has 0 aliphatic carbocycles. The first-order valence-electron chi connectivity index (χ1n) is 5.11. The first-order chi connectivity index (χ1) is 8.78. The van der Waals surface area contributed by atoms with Gasteiger partial charge in [0, 0.05) is 18.3 Å².